The molecular weight excluding hydrogens is 244 g/mol. The Morgan fingerprint density at radius 3 is 3.11 bits per heavy atom. The first-order chi connectivity index (χ1) is 9.11. The SMILES string of the molecule is COC1(C)CCCN(c2nc(N)nc3nc[nH]c23)C1. The van der Waals surface area contributed by atoms with Gasteiger partial charge in [0.2, 0.25) is 5.95 Å². The third-order valence-corrected chi connectivity index (χ3v) is 3.74. The summed E-state index contributed by atoms with van der Waals surface area (Å²) in [7, 11) is 1.75. The van der Waals surface area contributed by atoms with Gasteiger partial charge in [0.05, 0.1) is 11.9 Å². The Morgan fingerprint density at radius 1 is 1.47 bits per heavy atom. The number of hydrogen-bond donors (Lipinski definition) is 2. The zero-order valence-corrected chi connectivity index (χ0v) is 11.2. The minimum Gasteiger partial charge on any atom is -0.377 e. The van der Waals surface area contributed by atoms with E-state index in [0.29, 0.717) is 5.65 Å². The summed E-state index contributed by atoms with van der Waals surface area (Å²) < 4.78 is 5.61. The molecule has 0 aromatic carbocycles. The molecule has 1 aliphatic rings. The monoisotopic (exact) mass is 262 g/mol. The zero-order chi connectivity index (χ0) is 13.5. The summed E-state index contributed by atoms with van der Waals surface area (Å²) in [6.45, 7) is 3.84. The maximum absolute atomic E-state index is 5.76. The summed E-state index contributed by atoms with van der Waals surface area (Å²) >= 11 is 0. The lowest BCUT2D eigenvalue weighted by Crippen LogP contribution is -2.47. The molecule has 3 N–H and O–H groups in total. The number of imidazole rings is 1. The molecule has 1 fully saturated rings. The van der Waals surface area contributed by atoms with Crippen LogP contribution < -0.4 is 10.6 Å². The van der Waals surface area contributed by atoms with Crippen molar-refractivity contribution in [2.75, 3.05) is 30.8 Å². The molecule has 7 heteroatoms. The smallest absolute Gasteiger partial charge is 0.224 e. The van der Waals surface area contributed by atoms with Crippen LogP contribution in [0.4, 0.5) is 11.8 Å². The van der Waals surface area contributed by atoms with Crippen molar-refractivity contribution in [3.63, 3.8) is 0 Å². The van der Waals surface area contributed by atoms with Crippen molar-refractivity contribution in [3.8, 4) is 0 Å². The van der Waals surface area contributed by atoms with Gasteiger partial charge in [-0.05, 0) is 19.8 Å². The van der Waals surface area contributed by atoms with Gasteiger partial charge in [0.1, 0.15) is 5.52 Å². The van der Waals surface area contributed by atoms with Gasteiger partial charge in [-0.3, -0.25) is 0 Å². The van der Waals surface area contributed by atoms with Crippen molar-refractivity contribution < 1.29 is 4.74 Å². The van der Waals surface area contributed by atoms with Crippen LogP contribution in [0.3, 0.4) is 0 Å². The predicted octanol–water partition coefficient (Wildman–Crippen LogP) is 0.940. The fourth-order valence-corrected chi connectivity index (χ4v) is 2.62. The highest BCUT2D eigenvalue weighted by atomic mass is 16.5. The molecule has 1 aliphatic heterocycles. The molecule has 0 bridgehead atoms. The van der Waals surface area contributed by atoms with Gasteiger partial charge in [-0.25, -0.2) is 4.98 Å². The predicted molar refractivity (Wildman–Crippen MR) is 73.0 cm³/mol. The Kier molecular flexibility index (Phi) is 2.78. The molecule has 2 aromatic heterocycles. The second-order valence-electron chi connectivity index (χ2n) is 5.19. The number of aromatic nitrogens is 4. The maximum Gasteiger partial charge on any atom is 0.224 e. The molecule has 19 heavy (non-hydrogen) atoms. The lowest BCUT2D eigenvalue weighted by atomic mass is 9.95. The van der Waals surface area contributed by atoms with Crippen molar-refractivity contribution in [1.82, 2.24) is 19.9 Å². The van der Waals surface area contributed by atoms with Crippen molar-refractivity contribution >= 4 is 22.9 Å². The van der Waals surface area contributed by atoms with Gasteiger partial charge >= 0.3 is 0 Å². The zero-order valence-electron chi connectivity index (χ0n) is 11.2. The van der Waals surface area contributed by atoms with Gasteiger partial charge in [-0.2, -0.15) is 9.97 Å². The molecule has 2 aromatic rings. The standard InChI is InChI=1S/C12H18N6O/c1-12(19-2)4-3-5-18(6-12)10-8-9(15-7-14-8)16-11(13)17-10/h7H,3-6H2,1-2H3,(H3,13,14,15,16,17). The average Bonchev–Trinajstić information content (AvgIpc) is 2.86. The number of ether oxygens (including phenoxy) is 1. The largest absolute Gasteiger partial charge is 0.377 e. The van der Waals surface area contributed by atoms with Crippen LogP contribution in [0, 0.1) is 0 Å². The topological polar surface area (TPSA) is 92.9 Å². The van der Waals surface area contributed by atoms with Crippen LogP contribution in [0.15, 0.2) is 6.33 Å². The normalized spacial score (nSPS) is 24.0. The number of nitrogens with one attached hydrogen (secondary N) is 1. The van der Waals surface area contributed by atoms with Crippen LogP contribution in [-0.2, 0) is 4.74 Å². The third-order valence-electron chi connectivity index (χ3n) is 3.74. The first kappa shape index (κ1) is 12.2. The van der Waals surface area contributed by atoms with E-state index in [1.165, 1.54) is 0 Å². The molecule has 1 saturated heterocycles. The highest BCUT2D eigenvalue weighted by molar-refractivity contribution is 5.84. The number of piperidine rings is 1. The molecular formula is C12H18N6O. The van der Waals surface area contributed by atoms with Gasteiger partial charge < -0.3 is 20.4 Å². The Hall–Kier alpha value is -1.89. The van der Waals surface area contributed by atoms with E-state index in [0.717, 1.165) is 37.3 Å². The van der Waals surface area contributed by atoms with E-state index >= 15 is 0 Å². The Bertz CT molecular complexity index is 597. The fraction of sp³-hybridized carbons (Fsp3) is 0.583. The molecule has 1 atom stereocenters. The number of methoxy groups -OCH3 is 1. The molecule has 0 aliphatic carbocycles. The molecule has 3 heterocycles. The second kappa shape index (κ2) is 4.34. The van der Waals surface area contributed by atoms with E-state index < -0.39 is 0 Å². The van der Waals surface area contributed by atoms with Gasteiger partial charge in [0, 0.05) is 20.2 Å². The summed E-state index contributed by atoms with van der Waals surface area (Å²) in [5, 5.41) is 0. The van der Waals surface area contributed by atoms with Crippen LogP contribution >= 0.6 is 0 Å². The molecule has 7 nitrogen and oxygen atoms in total. The lowest BCUT2D eigenvalue weighted by Gasteiger charge is -2.40. The molecule has 0 spiro atoms. The molecule has 0 saturated carbocycles. The highest BCUT2D eigenvalue weighted by Crippen LogP contribution is 2.30. The van der Waals surface area contributed by atoms with E-state index in [1.54, 1.807) is 13.4 Å². The minimum atomic E-state index is -0.149. The number of fused-ring (bicyclic) bond motifs is 1. The number of aromatic amines is 1. The number of H-pyrrole nitrogens is 1. The molecule has 3 rings (SSSR count). The number of rotatable bonds is 2. The van der Waals surface area contributed by atoms with E-state index in [9.17, 15) is 0 Å². The number of nitrogen functional groups attached to an aromatic ring is 1. The third kappa shape index (κ3) is 2.10. The van der Waals surface area contributed by atoms with Crippen LogP contribution in [0.5, 0.6) is 0 Å². The summed E-state index contributed by atoms with van der Waals surface area (Å²) in [4.78, 5) is 17.9. The van der Waals surface area contributed by atoms with Crippen LogP contribution in [0.1, 0.15) is 19.8 Å². The summed E-state index contributed by atoms with van der Waals surface area (Å²) in [6, 6.07) is 0. The van der Waals surface area contributed by atoms with Crippen molar-refractivity contribution in [3.05, 3.63) is 6.33 Å². The Labute approximate surface area is 111 Å². The van der Waals surface area contributed by atoms with Gasteiger partial charge in [0.25, 0.3) is 0 Å². The lowest BCUT2D eigenvalue weighted by molar-refractivity contribution is -0.00475. The number of nitrogens with zero attached hydrogens (tertiary/aromatic N) is 4. The molecule has 0 amide bonds. The van der Waals surface area contributed by atoms with E-state index in [2.05, 4.69) is 31.8 Å². The van der Waals surface area contributed by atoms with Crippen LogP contribution in [0.25, 0.3) is 11.2 Å². The molecule has 1 unspecified atom stereocenters. The first-order valence-electron chi connectivity index (χ1n) is 6.38. The van der Waals surface area contributed by atoms with Crippen LogP contribution in [0.2, 0.25) is 0 Å². The Morgan fingerprint density at radius 2 is 2.32 bits per heavy atom. The number of nitrogens with two attached hydrogens (primary N) is 1. The quantitative estimate of drug-likeness (QED) is 0.836. The Balaban J connectivity index is 2.01. The molecule has 0 radical (unpaired) electrons. The highest BCUT2D eigenvalue weighted by Gasteiger charge is 2.32. The summed E-state index contributed by atoms with van der Waals surface area (Å²) in [5.41, 5.74) is 7.04. The second-order valence-corrected chi connectivity index (χ2v) is 5.19. The van der Waals surface area contributed by atoms with Crippen LogP contribution in [-0.4, -0.2) is 45.7 Å². The first-order valence-corrected chi connectivity index (χ1v) is 6.38. The number of hydrogen-bond acceptors (Lipinski definition) is 6. The van der Waals surface area contributed by atoms with Gasteiger partial charge in [-0.1, -0.05) is 0 Å². The fourth-order valence-electron chi connectivity index (χ4n) is 2.62. The summed E-state index contributed by atoms with van der Waals surface area (Å²) in [6.07, 6.45) is 3.72. The van der Waals surface area contributed by atoms with Crippen molar-refractivity contribution in [2.24, 2.45) is 0 Å². The van der Waals surface area contributed by atoms with E-state index in [1.807, 2.05) is 0 Å². The van der Waals surface area contributed by atoms with E-state index in [4.69, 9.17) is 10.5 Å². The van der Waals surface area contributed by atoms with Crippen molar-refractivity contribution in [2.45, 2.75) is 25.4 Å². The minimum absolute atomic E-state index is 0.149. The van der Waals surface area contributed by atoms with Gasteiger partial charge in [0.15, 0.2) is 11.5 Å². The van der Waals surface area contributed by atoms with Crippen molar-refractivity contribution in [1.29, 1.82) is 0 Å². The van der Waals surface area contributed by atoms with E-state index in [-0.39, 0.29) is 11.5 Å². The summed E-state index contributed by atoms with van der Waals surface area (Å²) in [5.74, 6) is 1.06. The number of anilines is 2. The van der Waals surface area contributed by atoms with Gasteiger partial charge in [-0.15, -0.1) is 0 Å². The average molecular weight is 262 g/mol. The maximum atomic E-state index is 5.76. The molecule has 102 valence electrons.